The molecule has 1 aromatic heterocycles. The van der Waals surface area contributed by atoms with Crippen LogP contribution >= 0.6 is 11.3 Å². The molecule has 3 aromatic rings. The van der Waals surface area contributed by atoms with Gasteiger partial charge in [-0.2, -0.15) is 0 Å². The van der Waals surface area contributed by atoms with E-state index in [9.17, 15) is 4.39 Å². The van der Waals surface area contributed by atoms with Gasteiger partial charge < -0.3 is 0 Å². The van der Waals surface area contributed by atoms with Crippen molar-refractivity contribution in [2.24, 2.45) is 5.92 Å². The molecule has 1 heterocycles. The molecule has 0 nitrogen and oxygen atoms in total. The van der Waals surface area contributed by atoms with Crippen LogP contribution in [0.15, 0.2) is 54.6 Å². The van der Waals surface area contributed by atoms with Gasteiger partial charge in [0.05, 0.1) is 0 Å². The summed E-state index contributed by atoms with van der Waals surface area (Å²) in [5, 5.41) is 0. The van der Waals surface area contributed by atoms with Crippen molar-refractivity contribution in [3.8, 4) is 21.6 Å². The van der Waals surface area contributed by atoms with Crippen LogP contribution in [-0.4, -0.2) is 0 Å². The summed E-state index contributed by atoms with van der Waals surface area (Å²) in [6.07, 6.45) is 10.6. The van der Waals surface area contributed by atoms with E-state index in [1.807, 2.05) is 6.07 Å². The van der Waals surface area contributed by atoms with Gasteiger partial charge in [0.15, 0.2) is 0 Å². The van der Waals surface area contributed by atoms with Crippen molar-refractivity contribution in [2.45, 2.75) is 57.3 Å². The van der Waals surface area contributed by atoms with E-state index in [1.54, 1.807) is 17.4 Å². The molecule has 0 radical (unpaired) electrons. The second kappa shape index (κ2) is 7.83. The van der Waals surface area contributed by atoms with Crippen molar-refractivity contribution < 1.29 is 4.39 Å². The Bertz CT molecular complexity index is 943. The summed E-state index contributed by atoms with van der Waals surface area (Å²) >= 11 is 1.76. The zero-order valence-electron chi connectivity index (χ0n) is 16.3. The zero-order chi connectivity index (χ0) is 18.9. The second-order valence-corrected chi connectivity index (χ2v) is 9.73. The first kappa shape index (κ1) is 18.1. The molecule has 0 amide bonds. The van der Waals surface area contributed by atoms with Crippen LogP contribution in [0.2, 0.25) is 0 Å². The average Bonchev–Trinajstić information content (AvgIpc) is 3.37. The molecule has 2 aliphatic carbocycles. The average molecular weight is 391 g/mol. The number of benzene rings is 2. The van der Waals surface area contributed by atoms with Crippen LogP contribution in [0.25, 0.3) is 21.6 Å². The lowest BCUT2D eigenvalue weighted by Crippen LogP contribution is -2.12. The molecule has 0 spiro atoms. The molecular weight excluding hydrogens is 363 g/mol. The second-order valence-electron chi connectivity index (χ2n) is 8.57. The fourth-order valence-corrected chi connectivity index (χ4v) is 5.86. The number of halogens is 1. The predicted octanol–water partition coefficient (Wildman–Crippen LogP) is 8.22. The fourth-order valence-electron chi connectivity index (χ4n) is 4.72. The van der Waals surface area contributed by atoms with Crippen molar-refractivity contribution >= 4 is 11.3 Å². The molecule has 2 aromatic carbocycles. The quantitative estimate of drug-likeness (QED) is 0.411. The van der Waals surface area contributed by atoms with Gasteiger partial charge in [-0.3, -0.25) is 0 Å². The van der Waals surface area contributed by atoms with Crippen LogP contribution in [0.1, 0.15) is 61.3 Å². The van der Waals surface area contributed by atoms with E-state index in [0.29, 0.717) is 0 Å². The highest BCUT2D eigenvalue weighted by Crippen LogP contribution is 2.37. The zero-order valence-corrected chi connectivity index (χ0v) is 17.1. The molecule has 5 rings (SSSR count). The van der Waals surface area contributed by atoms with E-state index in [1.165, 1.54) is 55.4 Å². The molecular formula is C26H27FS. The van der Waals surface area contributed by atoms with Crippen LogP contribution in [0, 0.1) is 11.7 Å². The van der Waals surface area contributed by atoms with Gasteiger partial charge in [0.2, 0.25) is 0 Å². The fraction of sp³-hybridized carbons (Fsp3) is 0.385. The summed E-state index contributed by atoms with van der Waals surface area (Å²) in [5.74, 6) is 1.46. The highest BCUT2D eigenvalue weighted by atomic mass is 32.1. The predicted molar refractivity (Wildman–Crippen MR) is 117 cm³/mol. The topological polar surface area (TPSA) is 0 Å². The Morgan fingerprint density at radius 1 is 0.786 bits per heavy atom. The molecule has 0 saturated heterocycles. The minimum absolute atomic E-state index is 0.116. The highest BCUT2D eigenvalue weighted by Gasteiger charge is 2.19. The van der Waals surface area contributed by atoms with Crippen LogP contribution in [0.5, 0.6) is 0 Å². The van der Waals surface area contributed by atoms with Gasteiger partial charge in [-0.05, 0) is 72.1 Å². The third-order valence-electron chi connectivity index (χ3n) is 6.68. The summed E-state index contributed by atoms with van der Waals surface area (Å²) in [4.78, 5) is 2.45. The van der Waals surface area contributed by atoms with Gasteiger partial charge in [0.25, 0.3) is 0 Å². The Morgan fingerprint density at radius 3 is 2.21 bits per heavy atom. The molecule has 0 aliphatic heterocycles. The normalized spacial score (nSPS) is 17.8. The molecule has 2 aliphatic rings. The summed E-state index contributed by atoms with van der Waals surface area (Å²) in [5.41, 5.74) is 4.24. The monoisotopic (exact) mass is 390 g/mol. The summed E-state index contributed by atoms with van der Waals surface area (Å²) in [6, 6.07) is 18.8. The summed E-state index contributed by atoms with van der Waals surface area (Å²) in [7, 11) is 0. The number of thiophene rings is 1. The first-order valence-electron chi connectivity index (χ1n) is 10.8. The molecule has 2 saturated carbocycles. The van der Waals surface area contributed by atoms with E-state index >= 15 is 0 Å². The lowest BCUT2D eigenvalue weighted by atomic mass is 9.83. The lowest BCUT2D eigenvalue weighted by molar-refractivity contribution is 0.316. The maximum atomic E-state index is 14.9. The third kappa shape index (κ3) is 3.67. The Labute approximate surface area is 171 Å². The summed E-state index contributed by atoms with van der Waals surface area (Å²) < 4.78 is 14.9. The van der Waals surface area contributed by atoms with Gasteiger partial charge in [0, 0.05) is 15.3 Å². The minimum atomic E-state index is -0.116. The maximum Gasteiger partial charge on any atom is 0.132 e. The molecule has 2 fully saturated rings. The standard InChI is InChI=1S/C26H27FS/c27-25-17-22(21-10-8-20(9-11-21)19-6-1-2-7-19)12-14-24(25)26-15-13-23(28-26)16-18-4-3-5-18/h8-15,17-19H,1-7,16H2. The van der Waals surface area contributed by atoms with Crippen molar-refractivity contribution in [1.29, 1.82) is 0 Å². The Hall–Kier alpha value is -1.93. The van der Waals surface area contributed by atoms with Crippen LogP contribution in [0.4, 0.5) is 4.39 Å². The molecule has 0 bridgehead atoms. The number of rotatable bonds is 5. The van der Waals surface area contributed by atoms with Crippen molar-refractivity contribution in [1.82, 2.24) is 0 Å². The van der Waals surface area contributed by atoms with E-state index in [4.69, 9.17) is 0 Å². The Kier molecular flexibility index (Phi) is 5.07. The van der Waals surface area contributed by atoms with Crippen LogP contribution < -0.4 is 0 Å². The van der Waals surface area contributed by atoms with Crippen molar-refractivity contribution in [3.63, 3.8) is 0 Å². The number of hydrogen-bond acceptors (Lipinski definition) is 1. The molecule has 0 atom stereocenters. The van der Waals surface area contributed by atoms with Gasteiger partial charge >= 0.3 is 0 Å². The first-order chi connectivity index (χ1) is 13.8. The van der Waals surface area contributed by atoms with E-state index < -0.39 is 0 Å². The smallest absolute Gasteiger partial charge is 0.132 e. The maximum absolute atomic E-state index is 14.9. The van der Waals surface area contributed by atoms with Crippen molar-refractivity contribution in [2.75, 3.05) is 0 Å². The molecule has 0 N–H and O–H groups in total. The minimum Gasteiger partial charge on any atom is -0.206 e. The largest absolute Gasteiger partial charge is 0.206 e. The Balaban J connectivity index is 1.34. The van der Waals surface area contributed by atoms with Crippen LogP contribution in [0.3, 0.4) is 0 Å². The Morgan fingerprint density at radius 2 is 1.54 bits per heavy atom. The number of hydrogen-bond donors (Lipinski definition) is 0. The van der Waals surface area contributed by atoms with Gasteiger partial charge in [-0.1, -0.05) is 62.4 Å². The van der Waals surface area contributed by atoms with Gasteiger partial charge in [0.1, 0.15) is 5.82 Å². The first-order valence-corrected chi connectivity index (χ1v) is 11.6. The lowest BCUT2D eigenvalue weighted by Gasteiger charge is -2.24. The molecule has 0 unspecified atom stereocenters. The van der Waals surface area contributed by atoms with E-state index in [0.717, 1.165) is 39.8 Å². The molecule has 144 valence electrons. The van der Waals surface area contributed by atoms with Gasteiger partial charge in [-0.15, -0.1) is 11.3 Å². The van der Waals surface area contributed by atoms with Gasteiger partial charge in [-0.25, -0.2) is 4.39 Å². The molecule has 28 heavy (non-hydrogen) atoms. The summed E-state index contributed by atoms with van der Waals surface area (Å²) in [6.45, 7) is 0. The van der Waals surface area contributed by atoms with E-state index in [-0.39, 0.29) is 5.82 Å². The molecule has 2 heteroatoms. The SMILES string of the molecule is Fc1cc(-c2ccc(C3CCCC3)cc2)ccc1-c1ccc(CC2CCC2)s1. The van der Waals surface area contributed by atoms with Crippen LogP contribution in [-0.2, 0) is 6.42 Å². The third-order valence-corrected chi connectivity index (χ3v) is 7.82. The van der Waals surface area contributed by atoms with E-state index in [2.05, 4.69) is 42.5 Å². The highest BCUT2D eigenvalue weighted by molar-refractivity contribution is 7.15. The van der Waals surface area contributed by atoms with Crippen molar-refractivity contribution in [3.05, 3.63) is 70.9 Å².